The molecule has 1 aliphatic rings. The van der Waals surface area contributed by atoms with Crippen LogP contribution in [0.15, 0.2) is 0 Å². The number of rotatable bonds is 3. The van der Waals surface area contributed by atoms with E-state index in [1.54, 1.807) is 0 Å². The van der Waals surface area contributed by atoms with Gasteiger partial charge in [0, 0.05) is 0 Å². The lowest BCUT2D eigenvalue weighted by Gasteiger charge is -2.26. The summed E-state index contributed by atoms with van der Waals surface area (Å²) in [7, 11) is -4.90. The highest BCUT2D eigenvalue weighted by atomic mass is 32.2. The average molecular weight is 217 g/mol. The van der Waals surface area contributed by atoms with Gasteiger partial charge in [0.05, 0.1) is 5.75 Å². The van der Waals surface area contributed by atoms with Gasteiger partial charge in [-0.25, -0.2) is 8.42 Å². The zero-order valence-corrected chi connectivity index (χ0v) is 7.58. The van der Waals surface area contributed by atoms with Gasteiger partial charge in [0.2, 0.25) is 9.84 Å². The van der Waals surface area contributed by atoms with E-state index in [1.807, 2.05) is 0 Å². The molecule has 0 aromatic heterocycles. The lowest BCUT2D eigenvalue weighted by Crippen LogP contribution is -2.43. The monoisotopic (exact) mass is 217 g/mol. The van der Waals surface area contributed by atoms with E-state index < -0.39 is 21.1 Å². The highest BCUT2D eigenvalue weighted by Gasteiger charge is 2.45. The molecular formula is C6H10F3NO2S. The van der Waals surface area contributed by atoms with E-state index >= 15 is 0 Å². The summed E-state index contributed by atoms with van der Waals surface area (Å²) < 4.78 is 56.5. The molecule has 0 atom stereocenters. The number of hydrogen-bond donors (Lipinski definition) is 1. The molecule has 13 heavy (non-hydrogen) atoms. The van der Waals surface area contributed by atoms with Crippen LogP contribution in [0.2, 0.25) is 0 Å². The van der Waals surface area contributed by atoms with Crippen LogP contribution in [0, 0.1) is 5.92 Å². The predicted octanol–water partition coefficient (Wildman–Crippen LogP) is 0.530. The Bertz CT molecular complexity index is 268. The number of nitrogens with one attached hydrogen (secondary N) is 1. The summed E-state index contributed by atoms with van der Waals surface area (Å²) in [5.74, 6) is -0.708. The van der Waals surface area contributed by atoms with Gasteiger partial charge in [-0.3, -0.25) is 0 Å². The van der Waals surface area contributed by atoms with E-state index in [0.29, 0.717) is 13.1 Å². The molecule has 78 valence electrons. The first-order valence-electron chi connectivity index (χ1n) is 3.82. The van der Waals surface area contributed by atoms with Crippen molar-refractivity contribution in [3.8, 4) is 0 Å². The first-order chi connectivity index (χ1) is 5.83. The van der Waals surface area contributed by atoms with Gasteiger partial charge in [-0.15, -0.1) is 0 Å². The number of sulfone groups is 1. The van der Waals surface area contributed by atoms with Gasteiger partial charge in [0.25, 0.3) is 0 Å². The summed E-state index contributed by atoms with van der Waals surface area (Å²) >= 11 is 0. The van der Waals surface area contributed by atoms with Gasteiger partial charge >= 0.3 is 5.51 Å². The summed E-state index contributed by atoms with van der Waals surface area (Å²) in [5.41, 5.74) is -5.09. The van der Waals surface area contributed by atoms with Crippen molar-refractivity contribution in [2.24, 2.45) is 5.92 Å². The summed E-state index contributed by atoms with van der Waals surface area (Å²) in [6.07, 6.45) is 0.0921. The Morgan fingerprint density at radius 2 is 1.85 bits per heavy atom. The first-order valence-corrected chi connectivity index (χ1v) is 5.48. The molecule has 1 rings (SSSR count). The summed E-state index contributed by atoms with van der Waals surface area (Å²) in [5, 5.41) is 2.86. The molecule has 0 amide bonds. The zero-order chi connectivity index (χ0) is 10.1. The van der Waals surface area contributed by atoms with E-state index in [-0.39, 0.29) is 12.3 Å². The van der Waals surface area contributed by atoms with Crippen molar-refractivity contribution in [3.63, 3.8) is 0 Å². The Morgan fingerprint density at radius 1 is 1.31 bits per heavy atom. The summed E-state index contributed by atoms with van der Waals surface area (Å²) in [4.78, 5) is 0. The third kappa shape index (κ3) is 2.57. The van der Waals surface area contributed by atoms with E-state index in [9.17, 15) is 21.6 Å². The van der Waals surface area contributed by atoms with Crippen LogP contribution in [-0.4, -0.2) is 32.8 Å². The largest absolute Gasteiger partial charge is 0.497 e. The van der Waals surface area contributed by atoms with E-state index in [1.165, 1.54) is 0 Å². The molecule has 3 nitrogen and oxygen atoms in total. The predicted molar refractivity (Wildman–Crippen MR) is 40.8 cm³/mol. The Hall–Kier alpha value is -0.300. The van der Waals surface area contributed by atoms with Crippen LogP contribution in [-0.2, 0) is 9.84 Å². The number of hydrogen-bond acceptors (Lipinski definition) is 3. The topological polar surface area (TPSA) is 46.2 Å². The maximum atomic E-state index is 11.8. The fraction of sp³-hybridized carbons (Fsp3) is 1.00. The van der Waals surface area contributed by atoms with E-state index in [4.69, 9.17) is 0 Å². The summed E-state index contributed by atoms with van der Waals surface area (Å²) in [6.45, 7) is 1.24. The Balaban J connectivity index is 2.42. The average Bonchev–Trinajstić information content (AvgIpc) is 1.80. The lowest BCUT2D eigenvalue weighted by atomic mass is 10.0. The van der Waals surface area contributed by atoms with E-state index in [2.05, 4.69) is 5.32 Å². The Labute approximate surface area is 74.2 Å². The molecule has 0 unspecified atom stereocenters. The van der Waals surface area contributed by atoms with Crippen molar-refractivity contribution in [1.82, 2.24) is 5.32 Å². The normalized spacial score (nSPS) is 19.9. The molecule has 1 N–H and O–H groups in total. The summed E-state index contributed by atoms with van der Waals surface area (Å²) in [6, 6.07) is 0. The minimum absolute atomic E-state index is 0.0807. The highest BCUT2D eigenvalue weighted by Crippen LogP contribution is 2.25. The standard InChI is InChI=1S/C6H10F3NO2S/c7-6(8,9)13(11,12)2-1-5-3-10-4-5/h5,10H,1-4H2. The molecule has 0 saturated carbocycles. The minimum atomic E-state index is -5.09. The quantitative estimate of drug-likeness (QED) is 0.750. The van der Waals surface area contributed by atoms with Crippen LogP contribution < -0.4 is 5.32 Å². The molecular weight excluding hydrogens is 207 g/mol. The third-order valence-corrected chi connectivity index (χ3v) is 3.49. The minimum Gasteiger partial charge on any atom is -0.316 e. The van der Waals surface area contributed by atoms with Crippen LogP contribution in [0.25, 0.3) is 0 Å². The molecule has 1 saturated heterocycles. The van der Waals surface area contributed by atoms with Crippen LogP contribution in [0.5, 0.6) is 0 Å². The first kappa shape index (κ1) is 10.8. The van der Waals surface area contributed by atoms with Crippen molar-refractivity contribution in [1.29, 1.82) is 0 Å². The van der Waals surface area contributed by atoms with Crippen molar-refractivity contribution in [2.45, 2.75) is 11.9 Å². The maximum Gasteiger partial charge on any atom is 0.497 e. The molecule has 0 bridgehead atoms. The molecule has 0 aliphatic carbocycles. The van der Waals surface area contributed by atoms with Crippen molar-refractivity contribution in [3.05, 3.63) is 0 Å². The lowest BCUT2D eigenvalue weighted by molar-refractivity contribution is -0.0436. The van der Waals surface area contributed by atoms with Gasteiger partial charge in [0.1, 0.15) is 0 Å². The van der Waals surface area contributed by atoms with Crippen molar-refractivity contribution >= 4 is 9.84 Å². The Morgan fingerprint density at radius 3 is 2.15 bits per heavy atom. The van der Waals surface area contributed by atoms with Crippen LogP contribution in [0.3, 0.4) is 0 Å². The van der Waals surface area contributed by atoms with Crippen LogP contribution >= 0.6 is 0 Å². The van der Waals surface area contributed by atoms with Gasteiger partial charge in [-0.05, 0) is 25.4 Å². The van der Waals surface area contributed by atoms with Crippen LogP contribution in [0.1, 0.15) is 6.42 Å². The van der Waals surface area contributed by atoms with E-state index in [0.717, 1.165) is 0 Å². The molecule has 1 fully saturated rings. The molecule has 0 aromatic rings. The maximum absolute atomic E-state index is 11.8. The number of alkyl halides is 3. The van der Waals surface area contributed by atoms with Gasteiger partial charge in [-0.1, -0.05) is 0 Å². The van der Waals surface area contributed by atoms with Gasteiger partial charge in [0.15, 0.2) is 0 Å². The Kier molecular flexibility index (Phi) is 2.86. The SMILES string of the molecule is O=S(=O)(CCC1CNC1)C(F)(F)F. The second kappa shape index (κ2) is 3.45. The van der Waals surface area contributed by atoms with Crippen molar-refractivity contribution in [2.75, 3.05) is 18.8 Å². The zero-order valence-electron chi connectivity index (χ0n) is 6.76. The fourth-order valence-electron chi connectivity index (χ4n) is 0.990. The van der Waals surface area contributed by atoms with Gasteiger partial charge < -0.3 is 5.32 Å². The molecule has 0 aromatic carbocycles. The second-order valence-corrected chi connectivity index (χ2v) is 5.18. The van der Waals surface area contributed by atoms with Crippen molar-refractivity contribution < 1.29 is 21.6 Å². The fourth-order valence-corrected chi connectivity index (χ4v) is 1.87. The molecule has 0 radical (unpaired) electrons. The number of halogens is 3. The second-order valence-electron chi connectivity index (χ2n) is 3.08. The third-order valence-electron chi connectivity index (χ3n) is 2.01. The molecule has 1 heterocycles. The smallest absolute Gasteiger partial charge is 0.316 e. The molecule has 7 heteroatoms. The van der Waals surface area contributed by atoms with Gasteiger partial charge in [-0.2, -0.15) is 13.2 Å². The van der Waals surface area contributed by atoms with Crippen LogP contribution in [0.4, 0.5) is 13.2 Å². The highest BCUT2D eigenvalue weighted by molar-refractivity contribution is 7.92. The molecule has 1 aliphatic heterocycles. The molecule has 0 spiro atoms.